The summed E-state index contributed by atoms with van der Waals surface area (Å²) in [7, 11) is 3.17. The molecule has 0 spiro atoms. The smallest absolute Gasteiger partial charge is 0.290 e. The molecular weight excluding hydrogens is 348 g/mol. The zero-order valence-electron chi connectivity index (χ0n) is 15.7. The fraction of sp³-hybridized carbons (Fsp3) is 0.400. The molecule has 2 unspecified atom stereocenters. The number of carbonyl (C=O) groups is 2. The highest BCUT2D eigenvalue weighted by atomic mass is 16.5. The van der Waals surface area contributed by atoms with Gasteiger partial charge < -0.3 is 24.1 Å². The van der Waals surface area contributed by atoms with Crippen molar-refractivity contribution in [2.75, 3.05) is 20.8 Å². The summed E-state index contributed by atoms with van der Waals surface area (Å²) < 4.78 is 15.9. The molecule has 2 amide bonds. The first-order chi connectivity index (χ1) is 13.0. The number of hydrogen-bond donors (Lipinski definition) is 1. The van der Waals surface area contributed by atoms with E-state index >= 15 is 0 Å². The molecule has 2 heterocycles. The molecular formula is C20H24N2O5. The van der Waals surface area contributed by atoms with Gasteiger partial charge in [0, 0.05) is 12.1 Å². The van der Waals surface area contributed by atoms with E-state index in [0.717, 1.165) is 12.0 Å². The maximum Gasteiger partial charge on any atom is 0.290 e. The molecule has 0 bridgehead atoms. The highest BCUT2D eigenvalue weighted by Crippen LogP contribution is 2.30. The summed E-state index contributed by atoms with van der Waals surface area (Å²) >= 11 is 0. The zero-order valence-corrected chi connectivity index (χ0v) is 15.7. The lowest BCUT2D eigenvalue weighted by atomic mass is 10.1. The van der Waals surface area contributed by atoms with E-state index in [-0.39, 0.29) is 23.6 Å². The van der Waals surface area contributed by atoms with Crippen LogP contribution in [0.25, 0.3) is 0 Å². The molecule has 0 aliphatic carbocycles. The Morgan fingerprint density at radius 1 is 1.26 bits per heavy atom. The van der Waals surface area contributed by atoms with Gasteiger partial charge in [-0.2, -0.15) is 0 Å². The van der Waals surface area contributed by atoms with Crippen LogP contribution in [0.2, 0.25) is 0 Å². The molecule has 2 atom stereocenters. The van der Waals surface area contributed by atoms with Crippen molar-refractivity contribution in [1.29, 1.82) is 0 Å². The van der Waals surface area contributed by atoms with Crippen molar-refractivity contribution in [3.05, 3.63) is 47.9 Å². The SMILES string of the molecule is COc1ccc(OC)c(C(C)NC(=O)C2CCCN2C(=O)c2ccco2)c1. The molecule has 2 aromatic rings. The molecule has 144 valence electrons. The van der Waals surface area contributed by atoms with E-state index < -0.39 is 6.04 Å². The van der Waals surface area contributed by atoms with Crippen molar-refractivity contribution in [2.24, 2.45) is 0 Å². The van der Waals surface area contributed by atoms with Crippen molar-refractivity contribution in [1.82, 2.24) is 10.2 Å². The predicted molar refractivity (Wildman–Crippen MR) is 98.9 cm³/mol. The summed E-state index contributed by atoms with van der Waals surface area (Å²) in [4.78, 5) is 27.0. The molecule has 0 saturated carbocycles. The molecule has 7 heteroatoms. The fourth-order valence-electron chi connectivity index (χ4n) is 3.39. The number of rotatable bonds is 6. The lowest BCUT2D eigenvalue weighted by molar-refractivity contribution is -0.125. The minimum absolute atomic E-state index is 0.190. The van der Waals surface area contributed by atoms with Crippen molar-refractivity contribution in [3.63, 3.8) is 0 Å². The Kier molecular flexibility index (Phi) is 5.69. The number of nitrogens with zero attached hydrogens (tertiary/aromatic N) is 1. The minimum atomic E-state index is -0.512. The summed E-state index contributed by atoms with van der Waals surface area (Å²) in [5.74, 6) is 1.15. The average molecular weight is 372 g/mol. The van der Waals surface area contributed by atoms with Crippen LogP contribution in [0.1, 0.15) is 41.9 Å². The van der Waals surface area contributed by atoms with Crippen molar-refractivity contribution in [3.8, 4) is 11.5 Å². The van der Waals surface area contributed by atoms with Gasteiger partial charge in [-0.15, -0.1) is 0 Å². The van der Waals surface area contributed by atoms with Crippen LogP contribution in [0.5, 0.6) is 11.5 Å². The van der Waals surface area contributed by atoms with Gasteiger partial charge in [-0.1, -0.05) is 0 Å². The number of nitrogens with one attached hydrogen (secondary N) is 1. The molecule has 1 N–H and O–H groups in total. The Hall–Kier alpha value is -2.96. The quantitative estimate of drug-likeness (QED) is 0.843. The molecule has 1 saturated heterocycles. The zero-order chi connectivity index (χ0) is 19.4. The number of likely N-dealkylation sites (tertiary alicyclic amines) is 1. The van der Waals surface area contributed by atoms with Gasteiger partial charge in [0.25, 0.3) is 5.91 Å². The largest absolute Gasteiger partial charge is 0.497 e. The van der Waals surface area contributed by atoms with Crippen LogP contribution >= 0.6 is 0 Å². The van der Waals surface area contributed by atoms with Gasteiger partial charge in [0.2, 0.25) is 5.91 Å². The van der Waals surface area contributed by atoms with Crippen LogP contribution in [0.15, 0.2) is 41.0 Å². The summed E-state index contributed by atoms with van der Waals surface area (Å²) in [6, 6.07) is 7.90. The maximum absolute atomic E-state index is 12.9. The van der Waals surface area contributed by atoms with Crippen LogP contribution in [0.4, 0.5) is 0 Å². The van der Waals surface area contributed by atoms with Gasteiger partial charge in [-0.05, 0) is 50.1 Å². The van der Waals surface area contributed by atoms with Crippen molar-refractivity contribution >= 4 is 11.8 Å². The molecule has 1 fully saturated rings. The lowest BCUT2D eigenvalue weighted by Gasteiger charge is -2.25. The second-order valence-electron chi connectivity index (χ2n) is 6.47. The summed E-state index contributed by atoms with van der Waals surface area (Å²) in [5, 5.41) is 3.00. The molecule has 3 rings (SSSR count). The first-order valence-electron chi connectivity index (χ1n) is 8.92. The normalized spacial score (nSPS) is 17.4. The third-order valence-corrected chi connectivity index (χ3v) is 4.81. The minimum Gasteiger partial charge on any atom is -0.497 e. The monoisotopic (exact) mass is 372 g/mol. The van der Waals surface area contributed by atoms with Gasteiger partial charge in [0.15, 0.2) is 5.76 Å². The Morgan fingerprint density at radius 3 is 2.74 bits per heavy atom. The summed E-state index contributed by atoms with van der Waals surface area (Å²) in [6.45, 7) is 2.41. The van der Waals surface area contributed by atoms with Crippen LogP contribution < -0.4 is 14.8 Å². The van der Waals surface area contributed by atoms with Crippen LogP contribution in [-0.4, -0.2) is 43.5 Å². The van der Waals surface area contributed by atoms with E-state index in [1.165, 1.54) is 6.26 Å². The number of amides is 2. The van der Waals surface area contributed by atoms with E-state index in [1.807, 2.05) is 13.0 Å². The Labute approximate surface area is 158 Å². The molecule has 0 radical (unpaired) electrons. The topological polar surface area (TPSA) is 81.0 Å². The number of hydrogen-bond acceptors (Lipinski definition) is 5. The number of methoxy groups -OCH3 is 2. The van der Waals surface area contributed by atoms with E-state index in [1.54, 1.807) is 43.4 Å². The Balaban J connectivity index is 1.73. The number of ether oxygens (including phenoxy) is 2. The summed E-state index contributed by atoms with van der Waals surface area (Å²) in [6.07, 6.45) is 2.86. The van der Waals surface area contributed by atoms with Gasteiger partial charge in [-0.3, -0.25) is 9.59 Å². The number of furan rings is 1. The van der Waals surface area contributed by atoms with E-state index in [0.29, 0.717) is 24.5 Å². The van der Waals surface area contributed by atoms with E-state index in [4.69, 9.17) is 13.9 Å². The second-order valence-corrected chi connectivity index (χ2v) is 6.47. The fourth-order valence-corrected chi connectivity index (χ4v) is 3.39. The highest BCUT2D eigenvalue weighted by molar-refractivity contribution is 5.96. The first-order valence-corrected chi connectivity index (χ1v) is 8.92. The lowest BCUT2D eigenvalue weighted by Crippen LogP contribution is -2.46. The van der Waals surface area contributed by atoms with Gasteiger partial charge >= 0.3 is 0 Å². The summed E-state index contributed by atoms with van der Waals surface area (Å²) in [5.41, 5.74) is 0.812. The molecule has 7 nitrogen and oxygen atoms in total. The van der Waals surface area contributed by atoms with E-state index in [9.17, 15) is 9.59 Å². The van der Waals surface area contributed by atoms with Crippen LogP contribution in [0, 0.1) is 0 Å². The Bertz CT molecular complexity index is 803. The number of benzene rings is 1. The second kappa shape index (κ2) is 8.16. The number of carbonyl (C=O) groups excluding carboxylic acids is 2. The van der Waals surface area contributed by atoms with Gasteiger partial charge in [-0.25, -0.2) is 0 Å². The van der Waals surface area contributed by atoms with E-state index in [2.05, 4.69) is 5.32 Å². The molecule has 27 heavy (non-hydrogen) atoms. The molecule has 1 aromatic heterocycles. The van der Waals surface area contributed by atoms with Crippen molar-refractivity contribution < 1.29 is 23.5 Å². The predicted octanol–water partition coefficient (Wildman–Crippen LogP) is 2.78. The third kappa shape index (κ3) is 3.92. The standard InChI is InChI=1S/C20H24N2O5/c1-13(15-12-14(25-2)8-9-17(15)26-3)21-19(23)16-6-4-10-22(16)20(24)18-7-5-11-27-18/h5,7-9,11-13,16H,4,6,10H2,1-3H3,(H,21,23). The molecule has 1 aliphatic heterocycles. The first kappa shape index (κ1) is 18.8. The van der Waals surface area contributed by atoms with Crippen LogP contribution in [0.3, 0.4) is 0 Å². The third-order valence-electron chi connectivity index (χ3n) is 4.81. The molecule has 1 aromatic carbocycles. The van der Waals surface area contributed by atoms with Crippen LogP contribution in [-0.2, 0) is 4.79 Å². The van der Waals surface area contributed by atoms with Crippen molar-refractivity contribution in [2.45, 2.75) is 31.8 Å². The van der Waals surface area contributed by atoms with Gasteiger partial charge in [0.05, 0.1) is 26.5 Å². The Morgan fingerprint density at radius 2 is 2.07 bits per heavy atom. The van der Waals surface area contributed by atoms with Gasteiger partial charge in [0.1, 0.15) is 17.5 Å². The maximum atomic E-state index is 12.9. The average Bonchev–Trinajstić information content (AvgIpc) is 3.38. The highest BCUT2D eigenvalue weighted by Gasteiger charge is 2.36. The molecule has 1 aliphatic rings.